The van der Waals surface area contributed by atoms with E-state index in [2.05, 4.69) is 17.0 Å². The molecule has 0 aromatic rings. The van der Waals surface area contributed by atoms with E-state index in [4.69, 9.17) is 4.74 Å². The molecule has 92 valence electrons. The third kappa shape index (κ3) is 3.81. The molecule has 0 spiro atoms. The Labute approximate surface area is 95.5 Å². The number of carbonyl (C=O) groups excluding carboxylic acids is 2. The van der Waals surface area contributed by atoms with Gasteiger partial charge in [-0.05, 0) is 25.2 Å². The molecule has 0 radical (unpaired) electrons. The predicted molar refractivity (Wildman–Crippen MR) is 57.8 cm³/mol. The Morgan fingerprint density at radius 2 is 2.00 bits per heavy atom. The summed E-state index contributed by atoms with van der Waals surface area (Å²) in [6.45, 7) is 5.90. The van der Waals surface area contributed by atoms with Crippen LogP contribution < -0.4 is 5.32 Å². The summed E-state index contributed by atoms with van der Waals surface area (Å²) in [7, 11) is 0. The van der Waals surface area contributed by atoms with Gasteiger partial charge >= 0.3 is 11.9 Å². The molecule has 1 N–H and O–H groups in total. The number of amides is 1. The number of rotatable bonds is 3. The molecule has 1 aliphatic rings. The fraction of sp³-hybridized carbons (Fsp3) is 0.818. The van der Waals surface area contributed by atoms with Crippen molar-refractivity contribution in [3.63, 3.8) is 0 Å². The van der Waals surface area contributed by atoms with Crippen LogP contribution in [-0.4, -0.2) is 38.2 Å². The second kappa shape index (κ2) is 5.84. The van der Waals surface area contributed by atoms with Gasteiger partial charge in [0.15, 0.2) is 0 Å². The summed E-state index contributed by atoms with van der Waals surface area (Å²) in [5.74, 6) is -1.47. The van der Waals surface area contributed by atoms with Crippen molar-refractivity contribution in [1.29, 1.82) is 0 Å². The maximum Gasteiger partial charge on any atom is 0.396 e. The number of nitrogens with one attached hydrogen (secondary N) is 1. The van der Waals surface area contributed by atoms with E-state index in [9.17, 15) is 9.59 Å². The largest absolute Gasteiger partial charge is 0.459 e. The van der Waals surface area contributed by atoms with Gasteiger partial charge in [-0.15, -0.1) is 0 Å². The van der Waals surface area contributed by atoms with Crippen molar-refractivity contribution in [3.05, 3.63) is 0 Å². The van der Waals surface area contributed by atoms with Gasteiger partial charge in [0.25, 0.3) is 0 Å². The Morgan fingerprint density at radius 3 is 2.56 bits per heavy atom. The van der Waals surface area contributed by atoms with E-state index < -0.39 is 11.9 Å². The van der Waals surface area contributed by atoms with Gasteiger partial charge in [0, 0.05) is 19.8 Å². The second-order valence-corrected chi connectivity index (χ2v) is 4.33. The highest BCUT2D eigenvalue weighted by Gasteiger charge is 2.28. The normalized spacial score (nSPS) is 18.9. The Bertz CT molecular complexity index is 259. The van der Waals surface area contributed by atoms with Crippen molar-refractivity contribution in [2.75, 3.05) is 26.4 Å². The molecule has 0 aromatic heterocycles. The fourth-order valence-corrected chi connectivity index (χ4v) is 1.60. The summed E-state index contributed by atoms with van der Waals surface area (Å²) < 4.78 is 9.85. The molecule has 1 amide bonds. The minimum absolute atomic E-state index is 0.0282. The summed E-state index contributed by atoms with van der Waals surface area (Å²) in [6, 6.07) is 0. The van der Waals surface area contributed by atoms with Crippen LogP contribution in [0.4, 0.5) is 0 Å². The molecule has 16 heavy (non-hydrogen) atoms. The van der Waals surface area contributed by atoms with Crippen LogP contribution in [-0.2, 0) is 19.1 Å². The highest BCUT2D eigenvalue weighted by molar-refractivity contribution is 6.32. The van der Waals surface area contributed by atoms with Gasteiger partial charge < -0.3 is 14.8 Å². The molecule has 1 heterocycles. The summed E-state index contributed by atoms with van der Waals surface area (Å²) >= 11 is 0. The first-order valence-corrected chi connectivity index (χ1v) is 5.60. The van der Waals surface area contributed by atoms with Gasteiger partial charge in [-0.3, -0.25) is 4.79 Å². The lowest BCUT2D eigenvalue weighted by Crippen LogP contribution is -2.42. The molecule has 1 aliphatic heterocycles. The molecule has 0 unspecified atom stereocenters. The fourth-order valence-electron chi connectivity index (χ4n) is 1.60. The molecule has 5 nitrogen and oxygen atoms in total. The first-order valence-electron chi connectivity index (χ1n) is 5.60. The Balaban J connectivity index is 2.32. The SMILES string of the molecule is CCOC(=O)C(=O)NCC1(C)CCOCC1. The van der Waals surface area contributed by atoms with Gasteiger partial charge in [0.05, 0.1) is 6.61 Å². The standard InChI is InChI=1S/C11H19NO4/c1-3-16-10(14)9(13)12-8-11(2)4-6-15-7-5-11/h3-8H2,1-2H3,(H,12,13). The Kier molecular flexibility index (Phi) is 4.73. The van der Waals surface area contributed by atoms with E-state index in [1.54, 1.807) is 6.92 Å². The van der Waals surface area contributed by atoms with E-state index in [-0.39, 0.29) is 12.0 Å². The molecule has 0 bridgehead atoms. The maximum atomic E-state index is 11.3. The van der Waals surface area contributed by atoms with Crippen LogP contribution in [0.5, 0.6) is 0 Å². The van der Waals surface area contributed by atoms with E-state index in [0.29, 0.717) is 19.8 Å². The minimum atomic E-state index is -0.807. The summed E-state index contributed by atoms with van der Waals surface area (Å²) in [6.07, 6.45) is 1.80. The van der Waals surface area contributed by atoms with Gasteiger partial charge in [-0.2, -0.15) is 0 Å². The van der Waals surface area contributed by atoms with Gasteiger partial charge in [0.2, 0.25) is 0 Å². The quantitative estimate of drug-likeness (QED) is 0.565. The lowest BCUT2D eigenvalue weighted by molar-refractivity contribution is -0.154. The first kappa shape index (κ1) is 13.0. The Hall–Kier alpha value is -1.10. The molecule has 0 atom stereocenters. The molecule has 1 rings (SSSR count). The third-order valence-corrected chi connectivity index (χ3v) is 2.84. The predicted octanol–water partition coefficient (Wildman–Crippen LogP) is 0.482. The van der Waals surface area contributed by atoms with Crippen molar-refractivity contribution < 1.29 is 19.1 Å². The van der Waals surface area contributed by atoms with Crippen molar-refractivity contribution in [2.45, 2.75) is 26.7 Å². The lowest BCUT2D eigenvalue weighted by atomic mass is 9.82. The summed E-state index contributed by atoms with van der Waals surface area (Å²) in [4.78, 5) is 22.4. The number of hydrogen-bond acceptors (Lipinski definition) is 4. The van der Waals surface area contributed by atoms with Crippen molar-refractivity contribution in [3.8, 4) is 0 Å². The topological polar surface area (TPSA) is 64.6 Å². The monoisotopic (exact) mass is 229 g/mol. The molecule has 0 saturated carbocycles. The Morgan fingerprint density at radius 1 is 1.38 bits per heavy atom. The zero-order valence-corrected chi connectivity index (χ0v) is 9.88. The molecule has 5 heteroatoms. The zero-order chi connectivity index (χ0) is 12.0. The van der Waals surface area contributed by atoms with Gasteiger partial charge in [-0.25, -0.2) is 4.79 Å². The second-order valence-electron chi connectivity index (χ2n) is 4.33. The first-order chi connectivity index (χ1) is 7.57. The zero-order valence-electron chi connectivity index (χ0n) is 9.88. The van der Waals surface area contributed by atoms with Crippen LogP contribution in [0.15, 0.2) is 0 Å². The molecular formula is C11H19NO4. The van der Waals surface area contributed by atoms with Crippen LogP contribution in [0.1, 0.15) is 26.7 Å². The average Bonchev–Trinajstić information content (AvgIpc) is 2.27. The lowest BCUT2D eigenvalue weighted by Gasteiger charge is -2.33. The number of carbonyl (C=O) groups is 2. The van der Waals surface area contributed by atoms with Gasteiger partial charge in [-0.1, -0.05) is 6.92 Å². The van der Waals surface area contributed by atoms with Crippen LogP contribution in [0, 0.1) is 5.41 Å². The van der Waals surface area contributed by atoms with E-state index in [1.807, 2.05) is 0 Å². The van der Waals surface area contributed by atoms with Crippen molar-refractivity contribution in [1.82, 2.24) is 5.32 Å². The van der Waals surface area contributed by atoms with Crippen molar-refractivity contribution >= 4 is 11.9 Å². The van der Waals surface area contributed by atoms with E-state index in [1.165, 1.54) is 0 Å². The number of ether oxygens (including phenoxy) is 2. The smallest absolute Gasteiger partial charge is 0.396 e. The molecule has 0 aliphatic carbocycles. The third-order valence-electron chi connectivity index (χ3n) is 2.84. The molecule has 0 aromatic carbocycles. The van der Waals surface area contributed by atoms with Gasteiger partial charge in [0.1, 0.15) is 0 Å². The number of esters is 1. The van der Waals surface area contributed by atoms with Crippen LogP contribution in [0.25, 0.3) is 0 Å². The summed E-state index contributed by atoms with van der Waals surface area (Å²) in [5.41, 5.74) is 0.0282. The minimum Gasteiger partial charge on any atom is -0.459 e. The van der Waals surface area contributed by atoms with E-state index >= 15 is 0 Å². The highest BCUT2D eigenvalue weighted by atomic mass is 16.5. The van der Waals surface area contributed by atoms with E-state index in [0.717, 1.165) is 12.8 Å². The highest BCUT2D eigenvalue weighted by Crippen LogP contribution is 2.28. The van der Waals surface area contributed by atoms with Crippen LogP contribution >= 0.6 is 0 Å². The summed E-state index contributed by atoms with van der Waals surface area (Å²) in [5, 5.41) is 2.61. The number of hydrogen-bond donors (Lipinski definition) is 1. The molecule has 1 fully saturated rings. The molecule has 1 saturated heterocycles. The average molecular weight is 229 g/mol. The maximum absolute atomic E-state index is 11.3. The van der Waals surface area contributed by atoms with Crippen LogP contribution in [0.2, 0.25) is 0 Å². The van der Waals surface area contributed by atoms with Crippen LogP contribution in [0.3, 0.4) is 0 Å². The molecular weight excluding hydrogens is 210 g/mol. The van der Waals surface area contributed by atoms with Crippen molar-refractivity contribution in [2.24, 2.45) is 5.41 Å².